The van der Waals surface area contributed by atoms with E-state index in [1.807, 2.05) is 0 Å². The van der Waals surface area contributed by atoms with Crippen molar-refractivity contribution >= 4 is 0 Å². The Balaban J connectivity index is 2.35. The minimum atomic E-state index is 0.706. The summed E-state index contributed by atoms with van der Waals surface area (Å²) in [6, 6.07) is 1.48. The molecule has 1 N–H and O–H groups in total. The van der Waals surface area contributed by atoms with E-state index in [-0.39, 0.29) is 0 Å². The molecule has 4 atom stereocenters. The van der Waals surface area contributed by atoms with Gasteiger partial charge < -0.3 is 5.32 Å². The Kier molecular flexibility index (Phi) is 4.94. The molecule has 14 heavy (non-hydrogen) atoms. The summed E-state index contributed by atoms with van der Waals surface area (Å²) in [4.78, 5) is 0. The van der Waals surface area contributed by atoms with Crippen LogP contribution in [0.4, 0.5) is 0 Å². The van der Waals surface area contributed by atoms with Gasteiger partial charge in [-0.1, -0.05) is 40.0 Å². The van der Waals surface area contributed by atoms with Crippen LogP contribution in [-0.2, 0) is 0 Å². The second kappa shape index (κ2) is 5.75. The highest BCUT2D eigenvalue weighted by Gasteiger charge is 2.27. The average molecular weight is 197 g/mol. The maximum absolute atomic E-state index is 3.80. The van der Waals surface area contributed by atoms with Crippen LogP contribution in [0.15, 0.2) is 0 Å². The molecule has 0 saturated heterocycles. The molecule has 1 heteroatoms. The van der Waals surface area contributed by atoms with E-state index in [0.717, 1.165) is 17.9 Å². The molecule has 0 aromatic carbocycles. The van der Waals surface area contributed by atoms with Gasteiger partial charge in [-0.3, -0.25) is 0 Å². The molecule has 1 aliphatic rings. The number of rotatable bonds is 4. The SMILES string of the molecule is CCC[C@H](C)N[C@@H]1CCC[C@H](C)[C@H]1C. The van der Waals surface area contributed by atoms with Crippen molar-refractivity contribution in [1.29, 1.82) is 0 Å². The van der Waals surface area contributed by atoms with E-state index in [1.165, 1.54) is 32.1 Å². The van der Waals surface area contributed by atoms with Crippen LogP contribution in [-0.4, -0.2) is 12.1 Å². The molecule has 0 heterocycles. The summed E-state index contributed by atoms with van der Waals surface area (Å²) < 4.78 is 0. The van der Waals surface area contributed by atoms with Crippen LogP contribution in [0.2, 0.25) is 0 Å². The molecule has 1 aliphatic carbocycles. The standard InChI is InChI=1S/C13H27N/c1-5-7-11(3)14-13-9-6-8-10(2)12(13)4/h10-14H,5-9H2,1-4H3/t10-,11-,12+,13+/m0/s1. The highest BCUT2D eigenvalue weighted by atomic mass is 15.0. The summed E-state index contributed by atoms with van der Waals surface area (Å²) in [5, 5.41) is 3.80. The fourth-order valence-electron chi connectivity index (χ4n) is 2.70. The lowest BCUT2D eigenvalue weighted by Gasteiger charge is -2.36. The average Bonchev–Trinajstić information content (AvgIpc) is 2.13. The zero-order chi connectivity index (χ0) is 10.6. The minimum absolute atomic E-state index is 0.706. The Morgan fingerprint density at radius 2 is 2.00 bits per heavy atom. The van der Waals surface area contributed by atoms with Crippen LogP contribution in [0.25, 0.3) is 0 Å². The summed E-state index contributed by atoms with van der Waals surface area (Å²) in [5.41, 5.74) is 0. The lowest BCUT2D eigenvalue weighted by atomic mass is 9.78. The molecular formula is C13H27N. The van der Waals surface area contributed by atoms with Crippen molar-refractivity contribution in [3.63, 3.8) is 0 Å². The van der Waals surface area contributed by atoms with Crippen LogP contribution < -0.4 is 5.32 Å². The Morgan fingerprint density at radius 3 is 2.64 bits per heavy atom. The van der Waals surface area contributed by atoms with E-state index in [2.05, 4.69) is 33.0 Å². The van der Waals surface area contributed by atoms with Gasteiger partial charge in [0.05, 0.1) is 0 Å². The highest BCUT2D eigenvalue weighted by molar-refractivity contribution is 4.83. The van der Waals surface area contributed by atoms with E-state index in [0.29, 0.717) is 6.04 Å². The molecule has 0 unspecified atom stereocenters. The van der Waals surface area contributed by atoms with Crippen molar-refractivity contribution in [2.24, 2.45) is 11.8 Å². The maximum atomic E-state index is 3.80. The van der Waals surface area contributed by atoms with E-state index in [9.17, 15) is 0 Å². The van der Waals surface area contributed by atoms with Gasteiger partial charge in [0.1, 0.15) is 0 Å². The van der Waals surface area contributed by atoms with Gasteiger partial charge in [-0.15, -0.1) is 0 Å². The molecule has 0 aliphatic heterocycles. The molecule has 1 saturated carbocycles. The Morgan fingerprint density at radius 1 is 1.29 bits per heavy atom. The summed E-state index contributed by atoms with van der Waals surface area (Å²) in [6.07, 6.45) is 6.85. The molecule has 0 spiro atoms. The van der Waals surface area contributed by atoms with Crippen molar-refractivity contribution in [2.45, 2.75) is 71.9 Å². The van der Waals surface area contributed by atoms with Crippen LogP contribution in [0.3, 0.4) is 0 Å². The fraction of sp³-hybridized carbons (Fsp3) is 1.00. The summed E-state index contributed by atoms with van der Waals surface area (Å²) in [5.74, 6) is 1.78. The van der Waals surface area contributed by atoms with E-state index in [4.69, 9.17) is 0 Å². The molecule has 84 valence electrons. The third-order valence-corrected chi connectivity index (χ3v) is 3.93. The molecule has 1 rings (SSSR count). The van der Waals surface area contributed by atoms with E-state index in [1.54, 1.807) is 0 Å². The summed E-state index contributed by atoms with van der Waals surface area (Å²) >= 11 is 0. The smallest absolute Gasteiger partial charge is 0.00977 e. The van der Waals surface area contributed by atoms with Crippen molar-refractivity contribution < 1.29 is 0 Å². The number of hydrogen-bond donors (Lipinski definition) is 1. The quantitative estimate of drug-likeness (QED) is 0.726. The molecule has 1 fully saturated rings. The van der Waals surface area contributed by atoms with Gasteiger partial charge in [-0.2, -0.15) is 0 Å². The predicted molar refractivity (Wildman–Crippen MR) is 63.5 cm³/mol. The Hall–Kier alpha value is -0.0400. The lowest BCUT2D eigenvalue weighted by Crippen LogP contribution is -2.44. The maximum Gasteiger partial charge on any atom is 0.00977 e. The van der Waals surface area contributed by atoms with Crippen molar-refractivity contribution in [1.82, 2.24) is 5.32 Å². The third-order valence-electron chi connectivity index (χ3n) is 3.93. The predicted octanol–water partition coefficient (Wildman–Crippen LogP) is 3.59. The lowest BCUT2D eigenvalue weighted by molar-refractivity contribution is 0.194. The van der Waals surface area contributed by atoms with Gasteiger partial charge in [0, 0.05) is 12.1 Å². The normalized spacial score (nSPS) is 35.6. The number of hydrogen-bond acceptors (Lipinski definition) is 1. The van der Waals surface area contributed by atoms with E-state index >= 15 is 0 Å². The van der Waals surface area contributed by atoms with Crippen LogP contribution in [0.1, 0.15) is 59.8 Å². The molecular weight excluding hydrogens is 170 g/mol. The zero-order valence-electron chi connectivity index (χ0n) is 10.3. The van der Waals surface area contributed by atoms with Gasteiger partial charge in [0.25, 0.3) is 0 Å². The zero-order valence-corrected chi connectivity index (χ0v) is 10.3. The van der Waals surface area contributed by atoms with Gasteiger partial charge in [0.2, 0.25) is 0 Å². The van der Waals surface area contributed by atoms with Gasteiger partial charge in [-0.05, 0) is 31.6 Å². The first-order chi connectivity index (χ1) is 6.65. The monoisotopic (exact) mass is 197 g/mol. The second-order valence-corrected chi connectivity index (χ2v) is 5.23. The summed E-state index contributed by atoms with van der Waals surface area (Å²) in [6.45, 7) is 9.42. The van der Waals surface area contributed by atoms with Crippen LogP contribution in [0, 0.1) is 11.8 Å². The molecule has 1 nitrogen and oxygen atoms in total. The molecule has 0 amide bonds. The van der Waals surface area contributed by atoms with Gasteiger partial charge >= 0.3 is 0 Å². The van der Waals surface area contributed by atoms with Crippen molar-refractivity contribution in [3.8, 4) is 0 Å². The Bertz CT molecular complexity index is 155. The van der Waals surface area contributed by atoms with Crippen LogP contribution >= 0.6 is 0 Å². The number of nitrogens with one attached hydrogen (secondary N) is 1. The molecule has 0 bridgehead atoms. The molecule has 0 aromatic heterocycles. The fourth-order valence-corrected chi connectivity index (χ4v) is 2.70. The first-order valence-electron chi connectivity index (χ1n) is 6.41. The van der Waals surface area contributed by atoms with E-state index < -0.39 is 0 Å². The second-order valence-electron chi connectivity index (χ2n) is 5.23. The first kappa shape index (κ1) is 12.0. The highest BCUT2D eigenvalue weighted by Crippen LogP contribution is 2.29. The Labute approximate surface area is 89.7 Å². The first-order valence-corrected chi connectivity index (χ1v) is 6.41. The van der Waals surface area contributed by atoms with Crippen molar-refractivity contribution in [3.05, 3.63) is 0 Å². The largest absolute Gasteiger partial charge is 0.311 e. The topological polar surface area (TPSA) is 12.0 Å². The minimum Gasteiger partial charge on any atom is -0.311 e. The molecule has 0 radical (unpaired) electrons. The molecule has 0 aromatic rings. The van der Waals surface area contributed by atoms with Crippen molar-refractivity contribution in [2.75, 3.05) is 0 Å². The van der Waals surface area contributed by atoms with Crippen LogP contribution in [0.5, 0.6) is 0 Å². The van der Waals surface area contributed by atoms with Gasteiger partial charge in [-0.25, -0.2) is 0 Å². The van der Waals surface area contributed by atoms with Gasteiger partial charge in [0.15, 0.2) is 0 Å². The third kappa shape index (κ3) is 3.27. The summed E-state index contributed by atoms with van der Waals surface area (Å²) in [7, 11) is 0.